The number of hydrogen-bond acceptors (Lipinski definition) is 1. The van der Waals surface area contributed by atoms with E-state index in [0.29, 0.717) is 5.57 Å². The zero-order valence-electron chi connectivity index (χ0n) is 6.23. The number of nitrogens with zero attached hydrogens (tertiary/aromatic N) is 1. The fraction of sp³-hybridized carbons (Fsp3) is 0.571. The molecule has 0 atom stereocenters. The molecule has 1 heterocycles. The highest BCUT2D eigenvalue weighted by Gasteiger charge is 2.46. The molecular weight excluding hydrogens is 152 g/mol. The Morgan fingerprint density at radius 2 is 2.00 bits per heavy atom. The van der Waals surface area contributed by atoms with Crippen LogP contribution in [0.5, 0.6) is 0 Å². The van der Waals surface area contributed by atoms with Gasteiger partial charge in [0.2, 0.25) is 5.91 Å². The molecular formula is C7H9F2NO. The van der Waals surface area contributed by atoms with Crippen molar-refractivity contribution >= 4 is 5.91 Å². The number of carbonyl (C=O) groups excluding carboxylic acids is 1. The molecule has 0 saturated carbocycles. The maximum absolute atomic E-state index is 12.2. The maximum atomic E-state index is 12.2. The lowest BCUT2D eigenvalue weighted by Crippen LogP contribution is -2.58. The summed E-state index contributed by atoms with van der Waals surface area (Å²) in [6, 6.07) is 0. The Morgan fingerprint density at radius 3 is 2.27 bits per heavy atom. The van der Waals surface area contributed by atoms with E-state index < -0.39 is 19.0 Å². The molecule has 0 N–H and O–H groups in total. The number of hydrogen-bond donors (Lipinski definition) is 0. The molecule has 1 rings (SSSR count). The molecule has 0 unspecified atom stereocenters. The molecule has 1 saturated heterocycles. The van der Waals surface area contributed by atoms with Crippen molar-refractivity contribution in [1.29, 1.82) is 0 Å². The van der Waals surface area contributed by atoms with Gasteiger partial charge in [0.25, 0.3) is 5.92 Å². The Balaban J connectivity index is 2.45. The van der Waals surface area contributed by atoms with Gasteiger partial charge in [-0.1, -0.05) is 6.58 Å². The van der Waals surface area contributed by atoms with Crippen LogP contribution in [-0.2, 0) is 4.79 Å². The molecule has 2 nitrogen and oxygen atoms in total. The van der Waals surface area contributed by atoms with Gasteiger partial charge in [-0.3, -0.25) is 4.79 Å². The van der Waals surface area contributed by atoms with Crippen molar-refractivity contribution in [2.45, 2.75) is 12.8 Å². The summed E-state index contributed by atoms with van der Waals surface area (Å²) < 4.78 is 24.4. The third-order valence-corrected chi connectivity index (χ3v) is 1.50. The van der Waals surface area contributed by atoms with Gasteiger partial charge in [-0.25, -0.2) is 8.78 Å². The van der Waals surface area contributed by atoms with Gasteiger partial charge in [-0.2, -0.15) is 0 Å². The van der Waals surface area contributed by atoms with Crippen LogP contribution in [0.25, 0.3) is 0 Å². The summed E-state index contributed by atoms with van der Waals surface area (Å²) in [6.07, 6.45) is 0. The minimum Gasteiger partial charge on any atom is -0.327 e. The van der Waals surface area contributed by atoms with E-state index in [1.54, 1.807) is 0 Å². The first-order valence-electron chi connectivity index (χ1n) is 3.25. The monoisotopic (exact) mass is 161 g/mol. The smallest absolute Gasteiger partial charge is 0.282 e. The second-order valence-electron chi connectivity index (χ2n) is 2.80. The summed E-state index contributed by atoms with van der Waals surface area (Å²) in [5.41, 5.74) is 0.306. The van der Waals surface area contributed by atoms with Gasteiger partial charge in [-0.05, 0) is 6.92 Å². The molecule has 11 heavy (non-hydrogen) atoms. The summed E-state index contributed by atoms with van der Waals surface area (Å²) in [6.45, 7) is 3.96. The highest BCUT2D eigenvalue weighted by Crippen LogP contribution is 2.27. The predicted octanol–water partition coefficient (Wildman–Crippen LogP) is 1.04. The quantitative estimate of drug-likeness (QED) is 0.526. The van der Waals surface area contributed by atoms with Crippen molar-refractivity contribution in [3.63, 3.8) is 0 Å². The highest BCUT2D eigenvalue weighted by molar-refractivity contribution is 5.92. The standard InChI is InChI=1S/C7H9F2NO/c1-5(2)6(11)10-3-7(8,9)4-10/h1,3-4H2,2H3. The average Bonchev–Trinajstić information content (AvgIpc) is 1.80. The van der Waals surface area contributed by atoms with E-state index in [4.69, 9.17) is 0 Å². The van der Waals surface area contributed by atoms with Crippen LogP contribution in [0.4, 0.5) is 8.78 Å². The van der Waals surface area contributed by atoms with Gasteiger partial charge in [0.15, 0.2) is 0 Å². The molecule has 1 aliphatic heterocycles. The van der Waals surface area contributed by atoms with Crippen molar-refractivity contribution in [2.75, 3.05) is 13.1 Å². The van der Waals surface area contributed by atoms with E-state index in [1.165, 1.54) is 6.92 Å². The van der Waals surface area contributed by atoms with E-state index in [0.717, 1.165) is 4.90 Å². The van der Waals surface area contributed by atoms with Crippen molar-refractivity contribution < 1.29 is 13.6 Å². The van der Waals surface area contributed by atoms with Crippen LogP contribution >= 0.6 is 0 Å². The highest BCUT2D eigenvalue weighted by atomic mass is 19.3. The number of rotatable bonds is 1. The van der Waals surface area contributed by atoms with E-state index >= 15 is 0 Å². The molecule has 0 radical (unpaired) electrons. The van der Waals surface area contributed by atoms with Crippen molar-refractivity contribution in [3.8, 4) is 0 Å². The van der Waals surface area contributed by atoms with E-state index in [-0.39, 0.29) is 5.91 Å². The molecule has 0 spiro atoms. The molecule has 0 aromatic heterocycles. The molecule has 62 valence electrons. The fourth-order valence-electron chi connectivity index (χ4n) is 0.926. The van der Waals surface area contributed by atoms with Crippen LogP contribution in [0, 0.1) is 0 Å². The molecule has 1 aliphatic rings. The van der Waals surface area contributed by atoms with Gasteiger partial charge < -0.3 is 4.90 Å². The molecule has 0 aliphatic carbocycles. The van der Waals surface area contributed by atoms with Crippen molar-refractivity contribution in [2.24, 2.45) is 0 Å². The van der Waals surface area contributed by atoms with Gasteiger partial charge >= 0.3 is 0 Å². The van der Waals surface area contributed by atoms with Crippen LogP contribution in [-0.4, -0.2) is 29.8 Å². The van der Waals surface area contributed by atoms with Crippen LogP contribution in [0.2, 0.25) is 0 Å². The largest absolute Gasteiger partial charge is 0.327 e. The summed E-state index contributed by atoms with van der Waals surface area (Å²) in [5, 5.41) is 0. The number of halogens is 2. The first kappa shape index (κ1) is 8.17. The summed E-state index contributed by atoms with van der Waals surface area (Å²) in [7, 11) is 0. The second kappa shape index (κ2) is 2.29. The first-order valence-corrected chi connectivity index (χ1v) is 3.25. The van der Waals surface area contributed by atoms with Crippen LogP contribution in [0.3, 0.4) is 0 Å². The predicted molar refractivity (Wildman–Crippen MR) is 36.3 cm³/mol. The Labute approximate surface area is 63.5 Å². The number of amides is 1. The SMILES string of the molecule is C=C(C)C(=O)N1CC(F)(F)C1. The number of carbonyl (C=O) groups is 1. The zero-order valence-corrected chi connectivity index (χ0v) is 6.23. The molecule has 0 aromatic carbocycles. The topological polar surface area (TPSA) is 20.3 Å². The van der Waals surface area contributed by atoms with Crippen LogP contribution < -0.4 is 0 Å². The minimum atomic E-state index is -2.68. The lowest BCUT2D eigenvalue weighted by Gasteiger charge is -2.38. The number of alkyl halides is 2. The maximum Gasteiger partial charge on any atom is 0.282 e. The fourth-order valence-corrected chi connectivity index (χ4v) is 0.926. The average molecular weight is 161 g/mol. The Morgan fingerprint density at radius 1 is 1.55 bits per heavy atom. The Hall–Kier alpha value is -0.930. The second-order valence-corrected chi connectivity index (χ2v) is 2.80. The summed E-state index contributed by atoms with van der Waals surface area (Å²) >= 11 is 0. The normalized spacial score (nSPS) is 20.8. The van der Waals surface area contributed by atoms with Crippen LogP contribution in [0.1, 0.15) is 6.92 Å². The molecule has 0 bridgehead atoms. The van der Waals surface area contributed by atoms with Gasteiger partial charge in [0, 0.05) is 5.57 Å². The third-order valence-electron chi connectivity index (χ3n) is 1.50. The lowest BCUT2D eigenvalue weighted by atomic mass is 10.1. The molecule has 1 fully saturated rings. The van der Waals surface area contributed by atoms with Crippen molar-refractivity contribution in [3.05, 3.63) is 12.2 Å². The van der Waals surface area contributed by atoms with E-state index in [1.807, 2.05) is 0 Å². The lowest BCUT2D eigenvalue weighted by molar-refractivity contribution is -0.161. The van der Waals surface area contributed by atoms with Crippen molar-refractivity contribution in [1.82, 2.24) is 4.90 Å². The van der Waals surface area contributed by atoms with Gasteiger partial charge in [0.05, 0.1) is 13.1 Å². The molecule has 0 aromatic rings. The molecule has 1 amide bonds. The van der Waals surface area contributed by atoms with Gasteiger partial charge in [-0.15, -0.1) is 0 Å². The minimum absolute atomic E-state index is 0.306. The van der Waals surface area contributed by atoms with E-state index in [9.17, 15) is 13.6 Å². The van der Waals surface area contributed by atoms with Gasteiger partial charge in [0.1, 0.15) is 0 Å². The van der Waals surface area contributed by atoms with E-state index in [2.05, 4.69) is 6.58 Å². The zero-order chi connectivity index (χ0) is 8.65. The summed E-state index contributed by atoms with van der Waals surface area (Å²) in [4.78, 5) is 12.0. The Kier molecular flexibility index (Phi) is 1.70. The Bertz CT molecular complexity index is 204. The number of likely N-dealkylation sites (tertiary alicyclic amines) is 1. The molecule has 4 heteroatoms. The first-order chi connectivity index (χ1) is 4.92. The van der Waals surface area contributed by atoms with Crippen LogP contribution in [0.15, 0.2) is 12.2 Å². The summed E-state index contributed by atoms with van der Waals surface area (Å²) in [5.74, 6) is -3.05. The third kappa shape index (κ3) is 1.56.